The van der Waals surface area contributed by atoms with Crippen LogP contribution in [-0.4, -0.2) is 0 Å². The Labute approximate surface area is 81.7 Å². The van der Waals surface area contributed by atoms with E-state index in [1.165, 1.54) is 11.3 Å². The van der Waals surface area contributed by atoms with Gasteiger partial charge >= 0.3 is 0 Å². The zero-order valence-electron chi connectivity index (χ0n) is 7.78. The van der Waals surface area contributed by atoms with E-state index in [1.54, 1.807) is 6.07 Å². The van der Waals surface area contributed by atoms with Crippen molar-refractivity contribution in [2.24, 2.45) is 0 Å². The minimum Gasteiger partial charge on any atom is -0.278 e. The third kappa shape index (κ3) is 2.39. The Morgan fingerprint density at radius 1 is 1.00 bits per heavy atom. The van der Waals surface area contributed by atoms with Crippen LogP contribution in [0.2, 0.25) is 0 Å². The molecule has 2 aromatic rings. The quantitative estimate of drug-likeness (QED) is 0.626. The second-order valence-corrected chi connectivity index (χ2v) is 3.34. The number of benzene rings is 1. The first-order chi connectivity index (χ1) is 6.36. The maximum Gasteiger partial charge on any atom is 0.232 e. The number of hydrogen-bond acceptors (Lipinski definition) is 2. The summed E-state index contributed by atoms with van der Waals surface area (Å²) >= 11 is 1.29. The van der Waals surface area contributed by atoms with Crippen LogP contribution in [0.5, 0.6) is 0 Å². The second kappa shape index (κ2) is 4.77. The van der Waals surface area contributed by atoms with E-state index in [1.807, 2.05) is 44.2 Å². The van der Waals surface area contributed by atoms with E-state index < -0.39 is 0 Å². The van der Waals surface area contributed by atoms with Crippen LogP contribution in [0, 0.1) is 0 Å². The zero-order valence-corrected chi connectivity index (χ0v) is 8.60. The van der Waals surface area contributed by atoms with Crippen molar-refractivity contribution in [1.29, 1.82) is 0 Å². The van der Waals surface area contributed by atoms with E-state index >= 15 is 0 Å². The van der Waals surface area contributed by atoms with Crippen molar-refractivity contribution in [3.63, 3.8) is 0 Å². The van der Waals surface area contributed by atoms with Crippen LogP contribution < -0.4 is 4.74 Å². The summed E-state index contributed by atoms with van der Waals surface area (Å²) in [6.45, 7) is 4.00. The summed E-state index contributed by atoms with van der Waals surface area (Å²) in [5, 5.41) is 1.14. The summed E-state index contributed by atoms with van der Waals surface area (Å²) < 4.78 is 1.17. The van der Waals surface area contributed by atoms with Crippen LogP contribution in [0.3, 0.4) is 0 Å². The molecule has 1 aromatic carbocycles. The van der Waals surface area contributed by atoms with Gasteiger partial charge in [-0.1, -0.05) is 43.4 Å². The fourth-order valence-corrected chi connectivity index (χ4v) is 1.76. The van der Waals surface area contributed by atoms with Crippen molar-refractivity contribution in [3.05, 3.63) is 45.9 Å². The van der Waals surface area contributed by atoms with Gasteiger partial charge in [0, 0.05) is 4.70 Å². The van der Waals surface area contributed by atoms with Crippen LogP contribution in [0.4, 0.5) is 0 Å². The lowest BCUT2D eigenvalue weighted by Gasteiger charge is -1.91. The monoisotopic (exact) mass is 192 g/mol. The molecule has 0 unspecified atom stereocenters. The molecule has 0 aliphatic heterocycles. The predicted molar refractivity (Wildman–Crippen MR) is 59.4 cm³/mol. The molecular formula is C11H12OS. The van der Waals surface area contributed by atoms with Crippen LogP contribution in [-0.2, 0) is 0 Å². The van der Waals surface area contributed by atoms with E-state index in [2.05, 4.69) is 0 Å². The number of rotatable bonds is 0. The third-order valence-corrected chi connectivity index (χ3v) is 2.46. The van der Waals surface area contributed by atoms with Crippen molar-refractivity contribution >= 4 is 21.4 Å². The average molecular weight is 192 g/mol. The van der Waals surface area contributed by atoms with Gasteiger partial charge in [0.25, 0.3) is 0 Å². The third-order valence-electron chi connectivity index (χ3n) is 1.53. The molecule has 1 heterocycles. The lowest BCUT2D eigenvalue weighted by Crippen LogP contribution is -1.87. The van der Waals surface area contributed by atoms with Crippen LogP contribution in [0.25, 0.3) is 10.1 Å². The van der Waals surface area contributed by atoms with Crippen LogP contribution in [0.1, 0.15) is 13.8 Å². The Kier molecular flexibility index (Phi) is 3.65. The Morgan fingerprint density at radius 3 is 2.46 bits per heavy atom. The van der Waals surface area contributed by atoms with E-state index in [9.17, 15) is 4.79 Å². The molecule has 0 aliphatic carbocycles. The smallest absolute Gasteiger partial charge is 0.232 e. The lowest BCUT2D eigenvalue weighted by molar-refractivity contribution is 1.50. The molecule has 0 fully saturated rings. The Balaban J connectivity index is 0.000000396. The average Bonchev–Trinajstić information content (AvgIpc) is 2.21. The van der Waals surface area contributed by atoms with Gasteiger partial charge in [0.2, 0.25) is 4.74 Å². The number of fused-ring (bicyclic) bond motifs is 1. The maximum atomic E-state index is 10.9. The van der Waals surface area contributed by atoms with Gasteiger partial charge in [0.1, 0.15) is 0 Å². The van der Waals surface area contributed by atoms with Gasteiger partial charge in [0.15, 0.2) is 0 Å². The van der Waals surface area contributed by atoms with Gasteiger partial charge in [-0.2, -0.15) is 0 Å². The van der Waals surface area contributed by atoms with E-state index in [-0.39, 0.29) is 4.74 Å². The summed E-state index contributed by atoms with van der Waals surface area (Å²) in [7, 11) is 0. The number of hydrogen-bond donors (Lipinski definition) is 0. The Hall–Kier alpha value is -1.15. The van der Waals surface area contributed by atoms with Crippen LogP contribution >= 0.6 is 11.3 Å². The van der Waals surface area contributed by atoms with E-state index in [0.29, 0.717) is 0 Å². The van der Waals surface area contributed by atoms with E-state index in [4.69, 9.17) is 0 Å². The van der Waals surface area contributed by atoms with Crippen molar-refractivity contribution in [3.8, 4) is 0 Å². The minimum absolute atomic E-state index is 0.115. The topological polar surface area (TPSA) is 17.1 Å². The predicted octanol–water partition coefficient (Wildman–Crippen LogP) is 3.29. The molecule has 2 rings (SSSR count). The molecule has 0 amide bonds. The first-order valence-electron chi connectivity index (χ1n) is 4.35. The van der Waals surface area contributed by atoms with Gasteiger partial charge in [-0.05, 0) is 23.6 Å². The van der Waals surface area contributed by atoms with Crippen molar-refractivity contribution in [2.45, 2.75) is 13.8 Å². The molecule has 0 spiro atoms. The molecule has 1 aromatic heterocycles. The summed E-state index contributed by atoms with van der Waals surface area (Å²) in [5.74, 6) is 0. The molecule has 0 atom stereocenters. The second-order valence-electron chi connectivity index (χ2n) is 2.29. The van der Waals surface area contributed by atoms with Gasteiger partial charge in [0.05, 0.1) is 0 Å². The maximum absolute atomic E-state index is 10.9. The molecule has 0 bridgehead atoms. The van der Waals surface area contributed by atoms with E-state index in [0.717, 1.165) is 10.1 Å². The molecule has 2 heteroatoms. The first kappa shape index (κ1) is 9.93. The van der Waals surface area contributed by atoms with Gasteiger partial charge in [-0.15, -0.1) is 0 Å². The van der Waals surface area contributed by atoms with Gasteiger partial charge in [-0.3, -0.25) is 4.79 Å². The summed E-state index contributed by atoms with van der Waals surface area (Å²) in [4.78, 5) is 10.9. The van der Waals surface area contributed by atoms with Gasteiger partial charge in [-0.25, -0.2) is 0 Å². The highest BCUT2D eigenvalue weighted by molar-refractivity contribution is 7.16. The van der Waals surface area contributed by atoms with Crippen molar-refractivity contribution < 1.29 is 0 Å². The zero-order chi connectivity index (χ0) is 9.68. The highest BCUT2D eigenvalue weighted by atomic mass is 32.1. The molecule has 13 heavy (non-hydrogen) atoms. The molecular weight excluding hydrogens is 180 g/mol. The minimum atomic E-state index is 0.115. The summed E-state index contributed by atoms with van der Waals surface area (Å²) in [6.07, 6.45) is 0. The molecule has 1 nitrogen and oxygen atoms in total. The largest absolute Gasteiger partial charge is 0.278 e. The fraction of sp³-hybridized carbons (Fsp3) is 0.182. The fourth-order valence-electron chi connectivity index (χ4n) is 1.01. The molecule has 0 aliphatic rings. The highest BCUT2D eigenvalue weighted by Gasteiger charge is 1.90. The molecule has 0 radical (unpaired) electrons. The molecule has 0 saturated carbocycles. The lowest BCUT2D eigenvalue weighted by atomic mass is 10.2. The Morgan fingerprint density at radius 2 is 1.69 bits per heavy atom. The summed E-state index contributed by atoms with van der Waals surface area (Å²) in [6, 6.07) is 11.3. The standard InChI is InChI=1S/C9H6OS.C2H6/c10-9-6-5-7-3-1-2-4-8(7)11-9;1-2/h1-6H;1-2H3. The highest BCUT2D eigenvalue weighted by Crippen LogP contribution is 2.13. The first-order valence-corrected chi connectivity index (χ1v) is 5.17. The van der Waals surface area contributed by atoms with Crippen molar-refractivity contribution in [2.75, 3.05) is 0 Å². The normalized spacial score (nSPS) is 9.08. The van der Waals surface area contributed by atoms with Gasteiger partial charge < -0.3 is 0 Å². The SMILES string of the molecule is CC.O=c1ccc2ccccc2s1. The molecule has 0 N–H and O–H groups in total. The molecule has 68 valence electrons. The van der Waals surface area contributed by atoms with Crippen LogP contribution in [0.15, 0.2) is 41.2 Å². The van der Waals surface area contributed by atoms with Crippen molar-refractivity contribution in [1.82, 2.24) is 0 Å². The molecule has 0 saturated heterocycles. The Bertz CT molecular complexity index is 431. The summed E-state index contributed by atoms with van der Waals surface area (Å²) in [5.41, 5.74) is 0.